The van der Waals surface area contributed by atoms with Crippen LogP contribution in [0.5, 0.6) is 0 Å². The number of hydrogen-bond acceptors (Lipinski definition) is 3. The fourth-order valence-electron chi connectivity index (χ4n) is 4.97. The second kappa shape index (κ2) is 8.46. The quantitative estimate of drug-likeness (QED) is 0.334. The summed E-state index contributed by atoms with van der Waals surface area (Å²) >= 11 is 0. The maximum Gasteiger partial charge on any atom is 0.165 e. The van der Waals surface area contributed by atoms with Gasteiger partial charge in [-0.25, -0.2) is 4.98 Å². The highest BCUT2D eigenvalue weighted by Crippen LogP contribution is 2.36. The van der Waals surface area contributed by atoms with Gasteiger partial charge in [0.15, 0.2) is 5.65 Å². The number of nitrogens with zero attached hydrogens (tertiary/aromatic N) is 4. The Hall–Kier alpha value is -2.66. The van der Waals surface area contributed by atoms with Gasteiger partial charge in [0.05, 0.1) is 23.6 Å². The van der Waals surface area contributed by atoms with Crippen molar-refractivity contribution in [3.8, 4) is 11.1 Å². The molecule has 0 saturated heterocycles. The number of benzene rings is 1. The molecule has 0 unspecified atom stereocenters. The number of hydrogen-bond donors (Lipinski definition) is 0. The number of methoxy groups -OCH3 is 1. The normalized spacial score (nSPS) is 11.8. The molecule has 164 valence electrons. The van der Waals surface area contributed by atoms with E-state index in [9.17, 15) is 0 Å². The zero-order chi connectivity index (χ0) is 22.3. The first kappa shape index (κ1) is 21.6. The highest BCUT2D eigenvalue weighted by molar-refractivity contribution is 5.90. The fourth-order valence-corrected chi connectivity index (χ4v) is 4.97. The molecule has 31 heavy (non-hydrogen) atoms. The van der Waals surface area contributed by atoms with Gasteiger partial charge >= 0.3 is 0 Å². The second-order valence-corrected chi connectivity index (χ2v) is 8.83. The standard InChI is InChI=1S/C26H34N4O/c1-8-9-10-11-29-21(15-31-7)14-22-19(5)27-25-24(20(6)28-30(25)26(22)29)23-17(3)12-16(2)13-18(23)4/h12-14H,8-11,15H2,1-7H3. The van der Waals surface area contributed by atoms with Gasteiger partial charge in [0.25, 0.3) is 0 Å². The minimum absolute atomic E-state index is 0.588. The third-order valence-corrected chi connectivity index (χ3v) is 6.26. The van der Waals surface area contributed by atoms with Crippen molar-refractivity contribution in [1.29, 1.82) is 0 Å². The Labute approximate surface area is 185 Å². The van der Waals surface area contributed by atoms with Crippen LogP contribution < -0.4 is 0 Å². The van der Waals surface area contributed by atoms with E-state index in [-0.39, 0.29) is 0 Å². The van der Waals surface area contributed by atoms with Crippen LogP contribution in [0.25, 0.3) is 27.8 Å². The second-order valence-electron chi connectivity index (χ2n) is 8.83. The predicted octanol–water partition coefficient (Wildman–Crippen LogP) is 6.23. The van der Waals surface area contributed by atoms with E-state index in [1.165, 1.54) is 40.8 Å². The highest BCUT2D eigenvalue weighted by atomic mass is 16.5. The van der Waals surface area contributed by atoms with E-state index in [4.69, 9.17) is 14.8 Å². The largest absolute Gasteiger partial charge is 0.378 e. The van der Waals surface area contributed by atoms with Crippen LogP contribution in [0.4, 0.5) is 0 Å². The summed E-state index contributed by atoms with van der Waals surface area (Å²) in [6.45, 7) is 14.5. The lowest BCUT2D eigenvalue weighted by atomic mass is 9.94. The zero-order valence-corrected chi connectivity index (χ0v) is 20.0. The lowest BCUT2D eigenvalue weighted by Gasteiger charge is -2.13. The minimum atomic E-state index is 0.588. The van der Waals surface area contributed by atoms with E-state index < -0.39 is 0 Å². The topological polar surface area (TPSA) is 44.3 Å². The van der Waals surface area contributed by atoms with Crippen LogP contribution in [0.3, 0.4) is 0 Å². The first-order valence-corrected chi connectivity index (χ1v) is 11.3. The van der Waals surface area contributed by atoms with Gasteiger partial charge in [0.1, 0.15) is 5.65 Å². The van der Waals surface area contributed by atoms with E-state index in [0.29, 0.717) is 6.61 Å². The molecular formula is C26H34N4O. The summed E-state index contributed by atoms with van der Waals surface area (Å²) in [5.41, 5.74) is 11.5. The van der Waals surface area contributed by atoms with Gasteiger partial charge in [-0.15, -0.1) is 0 Å². The number of aryl methyl sites for hydroxylation is 6. The van der Waals surface area contributed by atoms with Gasteiger partial charge in [-0.1, -0.05) is 37.5 Å². The summed E-state index contributed by atoms with van der Waals surface area (Å²) < 4.78 is 9.98. The fraction of sp³-hybridized carbons (Fsp3) is 0.462. The maximum atomic E-state index is 5.53. The SMILES string of the molecule is CCCCCn1c(COC)cc2c(C)nc3c(-c4c(C)cc(C)cc4C)c(C)nn3c21. The van der Waals surface area contributed by atoms with Crippen LogP contribution in [0.1, 0.15) is 60.0 Å². The molecule has 3 heterocycles. The summed E-state index contributed by atoms with van der Waals surface area (Å²) in [6, 6.07) is 6.73. The van der Waals surface area contributed by atoms with E-state index in [1.54, 1.807) is 7.11 Å². The smallest absolute Gasteiger partial charge is 0.165 e. The molecule has 0 aliphatic rings. The van der Waals surface area contributed by atoms with Crippen LogP contribution >= 0.6 is 0 Å². The summed E-state index contributed by atoms with van der Waals surface area (Å²) in [5.74, 6) is 0. The van der Waals surface area contributed by atoms with E-state index >= 15 is 0 Å². The van der Waals surface area contributed by atoms with Crippen LogP contribution in [-0.4, -0.2) is 26.3 Å². The van der Waals surface area contributed by atoms with Gasteiger partial charge in [0.2, 0.25) is 0 Å². The summed E-state index contributed by atoms with van der Waals surface area (Å²) in [7, 11) is 1.76. The number of fused-ring (bicyclic) bond motifs is 3. The minimum Gasteiger partial charge on any atom is -0.378 e. The Bertz CT molecular complexity index is 1240. The number of aromatic nitrogens is 4. The maximum absolute atomic E-state index is 5.53. The van der Waals surface area contributed by atoms with Crippen LogP contribution in [0.2, 0.25) is 0 Å². The van der Waals surface area contributed by atoms with Crippen molar-refractivity contribution in [2.75, 3.05) is 7.11 Å². The lowest BCUT2D eigenvalue weighted by molar-refractivity contribution is 0.178. The molecule has 0 N–H and O–H groups in total. The molecule has 4 aromatic rings. The average Bonchev–Trinajstić information content (AvgIpc) is 3.21. The van der Waals surface area contributed by atoms with Crippen molar-refractivity contribution in [3.63, 3.8) is 0 Å². The molecule has 0 radical (unpaired) electrons. The molecule has 0 aliphatic carbocycles. The van der Waals surface area contributed by atoms with Gasteiger partial charge in [-0.05, 0) is 63.8 Å². The Balaban J connectivity index is 2.04. The molecule has 0 atom stereocenters. The van der Waals surface area contributed by atoms with E-state index in [0.717, 1.165) is 46.6 Å². The summed E-state index contributed by atoms with van der Waals surface area (Å²) in [6.07, 6.45) is 3.55. The van der Waals surface area contributed by atoms with Gasteiger partial charge in [-0.3, -0.25) is 0 Å². The van der Waals surface area contributed by atoms with Crippen molar-refractivity contribution in [2.24, 2.45) is 0 Å². The van der Waals surface area contributed by atoms with Crippen molar-refractivity contribution in [1.82, 2.24) is 19.2 Å². The molecule has 0 aliphatic heterocycles. The molecule has 0 bridgehead atoms. The van der Waals surface area contributed by atoms with Crippen LogP contribution in [0, 0.1) is 34.6 Å². The molecule has 5 nitrogen and oxygen atoms in total. The van der Waals surface area contributed by atoms with Crippen molar-refractivity contribution in [3.05, 3.63) is 52.0 Å². The first-order valence-electron chi connectivity index (χ1n) is 11.3. The van der Waals surface area contributed by atoms with E-state index in [1.807, 2.05) is 0 Å². The van der Waals surface area contributed by atoms with Crippen molar-refractivity contribution >= 4 is 16.7 Å². The predicted molar refractivity (Wildman–Crippen MR) is 128 cm³/mol. The third-order valence-electron chi connectivity index (χ3n) is 6.26. The molecule has 0 fully saturated rings. The molecule has 0 saturated carbocycles. The summed E-state index contributed by atoms with van der Waals surface area (Å²) in [5, 5.41) is 6.17. The molecular weight excluding hydrogens is 384 g/mol. The highest BCUT2D eigenvalue weighted by Gasteiger charge is 2.22. The lowest BCUT2D eigenvalue weighted by Crippen LogP contribution is -2.08. The van der Waals surface area contributed by atoms with Crippen molar-refractivity contribution in [2.45, 2.75) is 74.0 Å². The Kier molecular flexibility index (Phi) is 5.89. The first-order chi connectivity index (χ1) is 14.9. The monoisotopic (exact) mass is 418 g/mol. The Morgan fingerprint density at radius 1 is 0.903 bits per heavy atom. The number of unbranched alkanes of at least 4 members (excludes halogenated alkanes) is 2. The van der Waals surface area contributed by atoms with Crippen molar-refractivity contribution < 1.29 is 4.74 Å². The van der Waals surface area contributed by atoms with Gasteiger partial charge < -0.3 is 9.30 Å². The molecule has 1 aromatic carbocycles. The van der Waals surface area contributed by atoms with Gasteiger partial charge in [0, 0.05) is 24.7 Å². The van der Waals surface area contributed by atoms with E-state index in [2.05, 4.69) is 68.8 Å². The Morgan fingerprint density at radius 2 is 1.61 bits per heavy atom. The van der Waals surface area contributed by atoms with Crippen LogP contribution in [0.15, 0.2) is 18.2 Å². The molecule has 0 amide bonds. The molecule has 4 rings (SSSR count). The Morgan fingerprint density at radius 3 is 2.26 bits per heavy atom. The third kappa shape index (κ3) is 3.65. The molecule has 0 spiro atoms. The van der Waals surface area contributed by atoms with Crippen LogP contribution in [-0.2, 0) is 17.9 Å². The molecule has 5 heteroatoms. The zero-order valence-electron chi connectivity index (χ0n) is 20.0. The number of ether oxygens (including phenoxy) is 1. The average molecular weight is 419 g/mol. The molecule has 3 aromatic heterocycles. The van der Waals surface area contributed by atoms with Gasteiger partial charge in [-0.2, -0.15) is 9.61 Å². The number of rotatable bonds is 7. The summed E-state index contributed by atoms with van der Waals surface area (Å²) in [4.78, 5) is 5.06.